The van der Waals surface area contributed by atoms with E-state index in [1.54, 1.807) is 12.1 Å². The number of piperazine rings is 1. The van der Waals surface area contributed by atoms with Crippen LogP contribution in [0.25, 0.3) is 0 Å². The first kappa shape index (κ1) is 18.9. The highest BCUT2D eigenvalue weighted by molar-refractivity contribution is 6.31. The monoisotopic (exact) mass is 328 g/mol. The lowest BCUT2D eigenvalue weighted by atomic mass is 10.0. The fourth-order valence-corrected chi connectivity index (χ4v) is 2.68. The molecule has 0 saturated carbocycles. The Hall–Kier alpha value is -0.0600. The molecular formula is C13H20Cl3FN2. The van der Waals surface area contributed by atoms with E-state index < -0.39 is 0 Å². The van der Waals surface area contributed by atoms with Gasteiger partial charge in [0.05, 0.1) is 0 Å². The Morgan fingerprint density at radius 1 is 1.32 bits per heavy atom. The molecule has 110 valence electrons. The maximum absolute atomic E-state index is 13.3. The smallest absolute Gasteiger partial charge is 0.123 e. The van der Waals surface area contributed by atoms with Crippen LogP contribution in [-0.2, 0) is 0 Å². The Kier molecular flexibility index (Phi) is 8.95. The topological polar surface area (TPSA) is 15.3 Å². The fourth-order valence-electron chi connectivity index (χ4n) is 2.44. The summed E-state index contributed by atoms with van der Waals surface area (Å²) >= 11 is 6.18. The van der Waals surface area contributed by atoms with E-state index in [2.05, 4.69) is 17.1 Å². The van der Waals surface area contributed by atoms with E-state index in [1.807, 2.05) is 0 Å². The molecule has 1 atom stereocenters. The average Bonchev–Trinajstić information content (AvgIpc) is 2.36. The van der Waals surface area contributed by atoms with Crippen LogP contribution in [0.3, 0.4) is 0 Å². The highest BCUT2D eigenvalue weighted by Gasteiger charge is 2.22. The van der Waals surface area contributed by atoms with E-state index in [-0.39, 0.29) is 36.7 Å². The van der Waals surface area contributed by atoms with Crippen LogP contribution < -0.4 is 5.32 Å². The third kappa shape index (κ3) is 4.76. The van der Waals surface area contributed by atoms with E-state index in [1.165, 1.54) is 6.07 Å². The third-order valence-corrected chi connectivity index (χ3v) is 3.64. The predicted molar refractivity (Wildman–Crippen MR) is 83.4 cm³/mol. The van der Waals surface area contributed by atoms with Crippen molar-refractivity contribution in [3.8, 4) is 0 Å². The minimum absolute atomic E-state index is 0. The minimum Gasteiger partial charge on any atom is -0.314 e. The summed E-state index contributed by atoms with van der Waals surface area (Å²) in [6, 6.07) is 4.85. The van der Waals surface area contributed by atoms with Crippen LogP contribution in [0.2, 0.25) is 5.02 Å². The second-order valence-corrected chi connectivity index (χ2v) is 4.78. The summed E-state index contributed by atoms with van der Waals surface area (Å²) in [5.74, 6) is -0.210. The van der Waals surface area contributed by atoms with Crippen LogP contribution in [0.4, 0.5) is 4.39 Å². The molecule has 0 aromatic heterocycles. The lowest BCUT2D eigenvalue weighted by Crippen LogP contribution is -2.45. The number of hydrogen-bond donors (Lipinski definition) is 1. The van der Waals surface area contributed by atoms with Gasteiger partial charge >= 0.3 is 0 Å². The molecule has 1 aromatic carbocycles. The summed E-state index contributed by atoms with van der Waals surface area (Å²) in [4.78, 5) is 2.37. The van der Waals surface area contributed by atoms with Gasteiger partial charge in [0.2, 0.25) is 0 Å². The van der Waals surface area contributed by atoms with Gasteiger partial charge in [-0.2, -0.15) is 0 Å². The minimum atomic E-state index is -0.210. The Morgan fingerprint density at radius 2 is 1.95 bits per heavy atom. The lowest BCUT2D eigenvalue weighted by Gasteiger charge is -2.35. The number of nitrogens with one attached hydrogen (secondary N) is 1. The summed E-state index contributed by atoms with van der Waals surface area (Å²) < 4.78 is 13.3. The Balaban J connectivity index is 0.00000162. The summed E-state index contributed by atoms with van der Waals surface area (Å²) in [7, 11) is 0. The molecule has 0 radical (unpaired) electrons. The standard InChI is InChI=1S/C13H18ClFN2.2ClH/c1-2-13(17-7-5-16-6-8-17)11-9-10(15)3-4-12(11)14;;/h3-4,9,13,16H,2,5-8H2,1H3;2*1H/t13-;;/m0../s1. The SMILES string of the molecule is CC[C@@H](c1cc(F)ccc1Cl)N1CCNCC1.Cl.Cl. The molecule has 1 aliphatic heterocycles. The maximum Gasteiger partial charge on any atom is 0.123 e. The second kappa shape index (κ2) is 8.98. The number of benzene rings is 1. The van der Waals surface area contributed by atoms with Crippen LogP contribution in [0.5, 0.6) is 0 Å². The normalized spacial score (nSPS) is 17.2. The van der Waals surface area contributed by atoms with E-state index in [4.69, 9.17) is 11.6 Å². The van der Waals surface area contributed by atoms with Crippen molar-refractivity contribution in [2.24, 2.45) is 0 Å². The van der Waals surface area contributed by atoms with Crippen LogP contribution in [0.15, 0.2) is 18.2 Å². The molecule has 19 heavy (non-hydrogen) atoms. The van der Waals surface area contributed by atoms with Crippen molar-refractivity contribution in [1.82, 2.24) is 10.2 Å². The van der Waals surface area contributed by atoms with Crippen molar-refractivity contribution in [2.75, 3.05) is 26.2 Å². The Bertz CT molecular complexity index is 384. The van der Waals surface area contributed by atoms with Crippen molar-refractivity contribution in [1.29, 1.82) is 0 Å². The molecule has 1 aromatic rings. The molecule has 0 spiro atoms. The van der Waals surface area contributed by atoms with Gasteiger partial charge in [0.1, 0.15) is 5.82 Å². The van der Waals surface area contributed by atoms with Crippen molar-refractivity contribution < 1.29 is 4.39 Å². The Labute approximate surface area is 131 Å². The molecule has 1 N–H and O–H groups in total. The van der Waals surface area contributed by atoms with Crippen molar-refractivity contribution in [3.63, 3.8) is 0 Å². The first-order chi connectivity index (χ1) is 8.22. The zero-order chi connectivity index (χ0) is 12.3. The maximum atomic E-state index is 13.3. The quantitative estimate of drug-likeness (QED) is 0.910. The first-order valence-corrected chi connectivity index (χ1v) is 6.50. The van der Waals surface area contributed by atoms with Gasteiger partial charge in [-0.3, -0.25) is 4.90 Å². The van der Waals surface area contributed by atoms with Crippen molar-refractivity contribution in [3.05, 3.63) is 34.6 Å². The van der Waals surface area contributed by atoms with Gasteiger partial charge in [-0.05, 0) is 30.2 Å². The molecule has 0 bridgehead atoms. The molecule has 1 saturated heterocycles. The van der Waals surface area contributed by atoms with Gasteiger partial charge < -0.3 is 5.32 Å². The van der Waals surface area contributed by atoms with Gasteiger partial charge in [-0.15, -0.1) is 24.8 Å². The molecule has 1 heterocycles. The summed E-state index contributed by atoms with van der Waals surface area (Å²) in [6.07, 6.45) is 0.948. The van der Waals surface area contributed by atoms with E-state index >= 15 is 0 Å². The Morgan fingerprint density at radius 3 is 2.53 bits per heavy atom. The summed E-state index contributed by atoms with van der Waals surface area (Å²) in [5, 5.41) is 3.99. The highest BCUT2D eigenvalue weighted by Crippen LogP contribution is 2.30. The number of hydrogen-bond acceptors (Lipinski definition) is 2. The van der Waals surface area contributed by atoms with E-state index in [0.717, 1.165) is 38.2 Å². The molecule has 0 unspecified atom stereocenters. The summed E-state index contributed by atoms with van der Waals surface area (Å²) in [5.41, 5.74) is 0.913. The summed E-state index contributed by atoms with van der Waals surface area (Å²) in [6.45, 7) is 6.08. The van der Waals surface area contributed by atoms with Crippen LogP contribution in [-0.4, -0.2) is 31.1 Å². The second-order valence-electron chi connectivity index (χ2n) is 4.38. The van der Waals surface area contributed by atoms with Crippen LogP contribution >= 0.6 is 36.4 Å². The van der Waals surface area contributed by atoms with E-state index in [9.17, 15) is 4.39 Å². The largest absolute Gasteiger partial charge is 0.314 e. The highest BCUT2D eigenvalue weighted by atomic mass is 35.5. The van der Waals surface area contributed by atoms with Crippen molar-refractivity contribution >= 4 is 36.4 Å². The average molecular weight is 330 g/mol. The molecule has 2 rings (SSSR count). The molecule has 0 aliphatic carbocycles. The molecule has 2 nitrogen and oxygen atoms in total. The molecule has 0 amide bonds. The zero-order valence-electron chi connectivity index (χ0n) is 10.9. The van der Waals surface area contributed by atoms with Gasteiger partial charge in [0.25, 0.3) is 0 Å². The molecule has 6 heteroatoms. The third-order valence-electron chi connectivity index (χ3n) is 3.30. The van der Waals surface area contributed by atoms with Gasteiger partial charge in [0, 0.05) is 37.2 Å². The van der Waals surface area contributed by atoms with Crippen LogP contribution in [0, 0.1) is 5.82 Å². The number of rotatable bonds is 3. The van der Waals surface area contributed by atoms with Gasteiger partial charge in [0.15, 0.2) is 0 Å². The molecule has 1 aliphatic rings. The van der Waals surface area contributed by atoms with E-state index in [0.29, 0.717) is 5.02 Å². The zero-order valence-corrected chi connectivity index (χ0v) is 13.3. The molecule has 1 fully saturated rings. The number of nitrogens with zero attached hydrogens (tertiary/aromatic N) is 1. The van der Waals surface area contributed by atoms with Gasteiger partial charge in [-0.1, -0.05) is 18.5 Å². The lowest BCUT2D eigenvalue weighted by molar-refractivity contribution is 0.169. The molecular weight excluding hydrogens is 310 g/mol. The number of halogens is 4. The fraction of sp³-hybridized carbons (Fsp3) is 0.538. The van der Waals surface area contributed by atoms with Gasteiger partial charge in [-0.25, -0.2) is 4.39 Å². The predicted octanol–water partition coefficient (Wildman–Crippen LogP) is 3.68. The van der Waals surface area contributed by atoms with Crippen molar-refractivity contribution in [2.45, 2.75) is 19.4 Å². The van der Waals surface area contributed by atoms with Crippen LogP contribution in [0.1, 0.15) is 24.9 Å². The first-order valence-electron chi connectivity index (χ1n) is 6.12.